The van der Waals surface area contributed by atoms with Crippen LogP contribution in [0.1, 0.15) is 13.8 Å². The molecule has 96 valence electrons. The number of sulfonamides is 1. The van der Waals surface area contributed by atoms with Crippen LogP contribution in [0.3, 0.4) is 0 Å². The number of hydrogen-bond donors (Lipinski definition) is 1. The minimum atomic E-state index is -3.01. The van der Waals surface area contributed by atoms with Crippen LogP contribution < -0.4 is 5.32 Å². The molecule has 0 saturated carbocycles. The van der Waals surface area contributed by atoms with Gasteiger partial charge in [-0.25, -0.2) is 8.42 Å². The molecule has 0 spiro atoms. The molecule has 16 heavy (non-hydrogen) atoms. The molecule has 1 heterocycles. The van der Waals surface area contributed by atoms with E-state index in [2.05, 4.69) is 24.1 Å². The van der Waals surface area contributed by atoms with Crippen molar-refractivity contribution in [3.63, 3.8) is 0 Å². The Kier molecular flexibility index (Phi) is 4.73. The van der Waals surface area contributed by atoms with Crippen molar-refractivity contribution in [2.75, 3.05) is 39.5 Å². The van der Waals surface area contributed by atoms with Gasteiger partial charge >= 0.3 is 0 Å². The van der Waals surface area contributed by atoms with Gasteiger partial charge in [0.05, 0.1) is 6.26 Å². The van der Waals surface area contributed by atoms with E-state index in [9.17, 15) is 8.42 Å². The van der Waals surface area contributed by atoms with Gasteiger partial charge in [0, 0.05) is 38.3 Å². The van der Waals surface area contributed by atoms with Crippen molar-refractivity contribution < 1.29 is 8.42 Å². The molecule has 0 aromatic heterocycles. The van der Waals surface area contributed by atoms with Crippen LogP contribution >= 0.6 is 0 Å². The highest BCUT2D eigenvalue weighted by Gasteiger charge is 2.27. The molecule has 0 radical (unpaired) electrons. The Hall–Kier alpha value is -0.170. The zero-order valence-corrected chi connectivity index (χ0v) is 11.4. The molecule has 1 aliphatic heterocycles. The van der Waals surface area contributed by atoms with E-state index in [0.717, 1.165) is 13.1 Å². The summed E-state index contributed by atoms with van der Waals surface area (Å²) < 4.78 is 24.3. The summed E-state index contributed by atoms with van der Waals surface area (Å²) in [6, 6.07) is 0.858. The third kappa shape index (κ3) is 3.41. The molecule has 0 bridgehead atoms. The number of rotatable bonds is 4. The molecule has 1 saturated heterocycles. The minimum absolute atomic E-state index is 0.421. The van der Waals surface area contributed by atoms with Crippen LogP contribution in [0, 0.1) is 0 Å². The van der Waals surface area contributed by atoms with Gasteiger partial charge in [0.25, 0.3) is 0 Å². The summed E-state index contributed by atoms with van der Waals surface area (Å²) in [5.74, 6) is 0. The van der Waals surface area contributed by atoms with Crippen LogP contribution in [0.2, 0.25) is 0 Å². The summed E-state index contributed by atoms with van der Waals surface area (Å²) in [5, 5.41) is 3.23. The van der Waals surface area contributed by atoms with E-state index in [0.29, 0.717) is 25.2 Å². The lowest BCUT2D eigenvalue weighted by molar-refractivity contribution is 0.126. The van der Waals surface area contributed by atoms with Crippen LogP contribution in [0.15, 0.2) is 0 Å². The first-order valence-electron chi connectivity index (χ1n) is 5.72. The number of nitrogens with one attached hydrogen (secondary N) is 1. The third-order valence-corrected chi connectivity index (χ3v) is 4.80. The van der Waals surface area contributed by atoms with E-state index in [1.54, 1.807) is 4.31 Å². The standard InChI is InChI=1S/C10H23N3O2S/c1-9(11-3)10(2)12-5-7-13(8-6-12)16(4,14)15/h9-11H,5-8H2,1-4H3. The Morgan fingerprint density at radius 2 is 1.62 bits per heavy atom. The van der Waals surface area contributed by atoms with Crippen molar-refractivity contribution in [1.82, 2.24) is 14.5 Å². The molecule has 5 nitrogen and oxygen atoms in total. The summed E-state index contributed by atoms with van der Waals surface area (Å²) >= 11 is 0. The molecule has 2 atom stereocenters. The lowest BCUT2D eigenvalue weighted by atomic mass is 10.1. The Balaban J connectivity index is 2.49. The van der Waals surface area contributed by atoms with Crippen molar-refractivity contribution in [2.45, 2.75) is 25.9 Å². The van der Waals surface area contributed by atoms with E-state index < -0.39 is 10.0 Å². The van der Waals surface area contributed by atoms with Crippen molar-refractivity contribution in [3.05, 3.63) is 0 Å². The molecule has 0 aromatic rings. The molecule has 1 rings (SSSR count). The van der Waals surface area contributed by atoms with Crippen LogP contribution in [-0.2, 0) is 10.0 Å². The lowest BCUT2D eigenvalue weighted by Gasteiger charge is -2.39. The zero-order chi connectivity index (χ0) is 12.3. The van der Waals surface area contributed by atoms with E-state index in [4.69, 9.17) is 0 Å². The Labute approximate surface area is 98.8 Å². The molecular formula is C10H23N3O2S. The Bertz CT molecular complexity index is 310. The SMILES string of the molecule is CNC(C)C(C)N1CCN(S(C)(=O)=O)CC1. The molecule has 2 unspecified atom stereocenters. The second kappa shape index (κ2) is 5.44. The smallest absolute Gasteiger partial charge is 0.211 e. The average Bonchev–Trinajstić information content (AvgIpc) is 2.26. The second-order valence-corrected chi connectivity index (χ2v) is 6.50. The average molecular weight is 249 g/mol. The van der Waals surface area contributed by atoms with Gasteiger partial charge in [-0.05, 0) is 20.9 Å². The molecule has 0 aliphatic carbocycles. The maximum atomic E-state index is 11.3. The summed E-state index contributed by atoms with van der Waals surface area (Å²) in [6.45, 7) is 7.19. The second-order valence-electron chi connectivity index (χ2n) is 4.52. The van der Waals surface area contributed by atoms with Crippen molar-refractivity contribution in [2.24, 2.45) is 0 Å². The maximum absolute atomic E-state index is 11.3. The van der Waals surface area contributed by atoms with Gasteiger partial charge in [-0.2, -0.15) is 4.31 Å². The van der Waals surface area contributed by atoms with Gasteiger partial charge in [0.2, 0.25) is 10.0 Å². The van der Waals surface area contributed by atoms with Gasteiger partial charge in [-0.1, -0.05) is 0 Å². The molecule has 0 aromatic carbocycles. The van der Waals surface area contributed by atoms with E-state index in [1.807, 2.05) is 7.05 Å². The van der Waals surface area contributed by atoms with Crippen molar-refractivity contribution in [3.8, 4) is 0 Å². The van der Waals surface area contributed by atoms with E-state index in [1.165, 1.54) is 6.26 Å². The van der Waals surface area contributed by atoms with Crippen LogP contribution in [-0.4, -0.2) is 69.2 Å². The fourth-order valence-electron chi connectivity index (χ4n) is 2.00. The lowest BCUT2D eigenvalue weighted by Crippen LogP contribution is -2.55. The first-order chi connectivity index (χ1) is 7.36. The van der Waals surface area contributed by atoms with Gasteiger partial charge in [0.15, 0.2) is 0 Å². The van der Waals surface area contributed by atoms with Crippen molar-refractivity contribution in [1.29, 1.82) is 0 Å². The normalized spacial score (nSPS) is 24.2. The largest absolute Gasteiger partial charge is 0.316 e. The topological polar surface area (TPSA) is 52.6 Å². The Morgan fingerprint density at radius 3 is 2.00 bits per heavy atom. The highest BCUT2D eigenvalue weighted by Crippen LogP contribution is 2.11. The fraction of sp³-hybridized carbons (Fsp3) is 1.00. The van der Waals surface area contributed by atoms with Gasteiger partial charge in [-0.3, -0.25) is 4.90 Å². The molecule has 0 amide bonds. The summed E-state index contributed by atoms with van der Waals surface area (Å²) in [4.78, 5) is 2.34. The molecule has 1 fully saturated rings. The first-order valence-corrected chi connectivity index (χ1v) is 7.57. The summed E-state index contributed by atoms with van der Waals surface area (Å²) in [6.07, 6.45) is 1.28. The number of likely N-dealkylation sites (N-methyl/N-ethyl adjacent to an activating group) is 1. The third-order valence-electron chi connectivity index (χ3n) is 3.50. The zero-order valence-electron chi connectivity index (χ0n) is 10.6. The fourth-order valence-corrected chi connectivity index (χ4v) is 2.83. The van der Waals surface area contributed by atoms with Crippen LogP contribution in [0.25, 0.3) is 0 Å². The van der Waals surface area contributed by atoms with Crippen molar-refractivity contribution >= 4 is 10.0 Å². The number of piperazine rings is 1. The quantitative estimate of drug-likeness (QED) is 0.734. The molecule has 1 N–H and O–H groups in total. The Morgan fingerprint density at radius 1 is 1.12 bits per heavy atom. The van der Waals surface area contributed by atoms with Gasteiger partial charge in [0.1, 0.15) is 0 Å². The van der Waals surface area contributed by atoms with Gasteiger partial charge < -0.3 is 5.32 Å². The molecular weight excluding hydrogens is 226 g/mol. The van der Waals surface area contributed by atoms with E-state index in [-0.39, 0.29) is 0 Å². The number of hydrogen-bond acceptors (Lipinski definition) is 4. The predicted molar refractivity (Wildman–Crippen MR) is 66.0 cm³/mol. The number of nitrogens with zero attached hydrogens (tertiary/aromatic N) is 2. The summed E-state index contributed by atoms with van der Waals surface area (Å²) in [7, 11) is -1.06. The first kappa shape index (κ1) is 13.9. The minimum Gasteiger partial charge on any atom is -0.316 e. The summed E-state index contributed by atoms with van der Waals surface area (Å²) in [5.41, 5.74) is 0. The van der Waals surface area contributed by atoms with Crippen LogP contribution in [0.5, 0.6) is 0 Å². The van der Waals surface area contributed by atoms with E-state index >= 15 is 0 Å². The highest BCUT2D eigenvalue weighted by atomic mass is 32.2. The molecule has 6 heteroatoms. The maximum Gasteiger partial charge on any atom is 0.211 e. The highest BCUT2D eigenvalue weighted by molar-refractivity contribution is 7.88. The van der Waals surface area contributed by atoms with Gasteiger partial charge in [-0.15, -0.1) is 0 Å². The molecule has 1 aliphatic rings. The monoisotopic (exact) mass is 249 g/mol. The van der Waals surface area contributed by atoms with Crippen LogP contribution in [0.4, 0.5) is 0 Å². The predicted octanol–water partition coefficient (Wildman–Crippen LogP) is -0.440.